The maximum atomic E-state index is 12.6. The van der Waals surface area contributed by atoms with E-state index in [9.17, 15) is 9.59 Å². The molecule has 0 radical (unpaired) electrons. The molecule has 0 bridgehead atoms. The van der Waals surface area contributed by atoms with E-state index in [4.69, 9.17) is 4.74 Å². The standard InChI is InChI=1S/C17H24N2O3/c1-4-22-17(21)14-9-13(14)11-19(10-12(2)3)16(20)15-7-5-6-8-18-15/h5-8,12-14H,4,9-11H2,1-3H3. The molecule has 1 aromatic heterocycles. The van der Waals surface area contributed by atoms with Crippen LogP contribution >= 0.6 is 0 Å². The smallest absolute Gasteiger partial charge is 0.309 e. The lowest BCUT2D eigenvalue weighted by Crippen LogP contribution is -2.36. The molecule has 2 unspecified atom stereocenters. The van der Waals surface area contributed by atoms with Gasteiger partial charge in [-0.15, -0.1) is 0 Å². The van der Waals surface area contributed by atoms with E-state index in [-0.39, 0.29) is 23.7 Å². The second-order valence-electron chi connectivity index (χ2n) is 6.17. The van der Waals surface area contributed by atoms with Gasteiger partial charge in [0.15, 0.2) is 0 Å². The average molecular weight is 304 g/mol. The van der Waals surface area contributed by atoms with Crippen LogP contribution in [0, 0.1) is 17.8 Å². The van der Waals surface area contributed by atoms with Crippen molar-refractivity contribution < 1.29 is 14.3 Å². The van der Waals surface area contributed by atoms with E-state index < -0.39 is 0 Å². The highest BCUT2D eigenvalue weighted by Gasteiger charge is 2.45. The number of hydrogen-bond donors (Lipinski definition) is 0. The highest BCUT2D eigenvalue weighted by atomic mass is 16.5. The van der Waals surface area contributed by atoms with E-state index in [0.717, 1.165) is 6.42 Å². The minimum atomic E-state index is -0.137. The number of rotatable bonds is 7. The van der Waals surface area contributed by atoms with Crippen LogP contribution < -0.4 is 0 Å². The van der Waals surface area contributed by atoms with Gasteiger partial charge in [-0.05, 0) is 37.3 Å². The van der Waals surface area contributed by atoms with Crippen molar-refractivity contribution in [2.75, 3.05) is 19.7 Å². The first-order valence-corrected chi connectivity index (χ1v) is 7.89. The van der Waals surface area contributed by atoms with Gasteiger partial charge >= 0.3 is 5.97 Å². The molecular weight excluding hydrogens is 280 g/mol. The summed E-state index contributed by atoms with van der Waals surface area (Å²) >= 11 is 0. The number of carbonyl (C=O) groups is 2. The first-order valence-electron chi connectivity index (χ1n) is 7.89. The molecule has 0 spiro atoms. The molecule has 1 aromatic rings. The molecule has 0 aromatic carbocycles. The quantitative estimate of drug-likeness (QED) is 0.726. The number of carbonyl (C=O) groups excluding carboxylic acids is 2. The van der Waals surface area contributed by atoms with E-state index in [1.807, 2.05) is 17.9 Å². The number of nitrogens with zero attached hydrogens (tertiary/aromatic N) is 2. The van der Waals surface area contributed by atoms with Crippen molar-refractivity contribution in [1.82, 2.24) is 9.88 Å². The Morgan fingerprint density at radius 1 is 1.41 bits per heavy atom. The third-order valence-corrected chi connectivity index (χ3v) is 3.72. The minimum Gasteiger partial charge on any atom is -0.466 e. The third-order valence-electron chi connectivity index (χ3n) is 3.72. The molecule has 2 rings (SSSR count). The van der Waals surface area contributed by atoms with E-state index in [0.29, 0.717) is 31.3 Å². The number of esters is 1. The van der Waals surface area contributed by atoms with Gasteiger partial charge in [0.2, 0.25) is 0 Å². The Morgan fingerprint density at radius 3 is 2.77 bits per heavy atom. The molecule has 0 saturated heterocycles. The van der Waals surface area contributed by atoms with Crippen LogP contribution in [0.4, 0.5) is 0 Å². The van der Waals surface area contributed by atoms with Crippen molar-refractivity contribution in [3.63, 3.8) is 0 Å². The number of hydrogen-bond acceptors (Lipinski definition) is 4. The average Bonchev–Trinajstić information content (AvgIpc) is 3.26. The molecule has 22 heavy (non-hydrogen) atoms. The van der Waals surface area contributed by atoms with Crippen LogP contribution in [0.25, 0.3) is 0 Å². The Kier molecular flexibility index (Phi) is 5.52. The zero-order chi connectivity index (χ0) is 16.1. The second-order valence-corrected chi connectivity index (χ2v) is 6.17. The zero-order valence-corrected chi connectivity index (χ0v) is 13.5. The summed E-state index contributed by atoms with van der Waals surface area (Å²) in [6.07, 6.45) is 2.43. The summed E-state index contributed by atoms with van der Waals surface area (Å²) in [5.74, 6) is 0.329. The fourth-order valence-electron chi connectivity index (χ4n) is 2.60. The molecule has 1 amide bonds. The molecule has 120 valence electrons. The van der Waals surface area contributed by atoms with E-state index in [2.05, 4.69) is 18.8 Å². The monoisotopic (exact) mass is 304 g/mol. The van der Waals surface area contributed by atoms with E-state index in [1.165, 1.54) is 0 Å². The minimum absolute atomic E-state index is 0.0499. The van der Waals surface area contributed by atoms with Gasteiger partial charge in [-0.2, -0.15) is 0 Å². The molecule has 5 nitrogen and oxygen atoms in total. The predicted molar refractivity (Wildman–Crippen MR) is 83.2 cm³/mol. The summed E-state index contributed by atoms with van der Waals surface area (Å²) < 4.78 is 5.05. The van der Waals surface area contributed by atoms with Crippen LogP contribution in [0.15, 0.2) is 24.4 Å². The summed E-state index contributed by atoms with van der Waals surface area (Å²) in [4.78, 5) is 30.3. The lowest BCUT2D eigenvalue weighted by molar-refractivity contribution is -0.145. The number of amides is 1. The number of pyridine rings is 1. The van der Waals surface area contributed by atoms with Crippen molar-refractivity contribution in [3.05, 3.63) is 30.1 Å². The first-order chi connectivity index (χ1) is 10.5. The summed E-state index contributed by atoms with van der Waals surface area (Å²) in [6, 6.07) is 5.33. The topological polar surface area (TPSA) is 59.5 Å². The van der Waals surface area contributed by atoms with Crippen molar-refractivity contribution in [1.29, 1.82) is 0 Å². The van der Waals surface area contributed by atoms with Gasteiger partial charge in [0.25, 0.3) is 5.91 Å². The molecule has 0 N–H and O–H groups in total. The lowest BCUT2D eigenvalue weighted by Gasteiger charge is -2.24. The Hall–Kier alpha value is -1.91. The van der Waals surface area contributed by atoms with Gasteiger partial charge in [-0.1, -0.05) is 19.9 Å². The van der Waals surface area contributed by atoms with Crippen molar-refractivity contribution in [3.8, 4) is 0 Å². The first kappa shape index (κ1) is 16.5. The summed E-state index contributed by atoms with van der Waals surface area (Å²) in [5.41, 5.74) is 0.455. The maximum absolute atomic E-state index is 12.6. The maximum Gasteiger partial charge on any atom is 0.309 e. The normalized spacial score (nSPS) is 19.8. The van der Waals surface area contributed by atoms with Crippen LogP contribution in [0.5, 0.6) is 0 Å². The predicted octanol–water partition coefficient (Wildman–Crippen LogP) is 2.38. The summed E-state index contributed by atoms with van der Waals surface area (Å²) in [7, 11) is 0. The van der Waals surface area contributed by atoms with Crippen LogP contribution in [0.3, 0.4) is 0 Å². The third kappa shape index (κ3) is 4.29. The van der Waals surface area contributed by atoms with Crippen LogP contribution in [0.1, 0.15) is 37.7 Å². The number of ether oxygens (including phenoxy) is 1. The molecule has 2 atom stereocenters. The summed E-state index contributed by atoms with van der Waals surface area (Å²) in [6.45, 7) is 7.64. The molecule has 0 aliphatic heterocycles. The Labute approximate surface area is 131 Å². The Morgan fingerprint density at radius 2 is 2.18 bits per heavy atom. The number of aromatic nitrogens is 1. The molecule has 1 aliphatic carbocycles. The largest absolute Gasteiger partial charge is 0.466 e. The van der Waals surface area contributed by atoms with Crippen molar-refractivity contribution in [2.45, 2.75) is 27.2 Å². The highest BCUT2D eigenvalue weighted by Crippen LogP contribution is 2.40. The van der Waals surface area contributed by atoms with Crippen molar-refractivity contribution >= 4 is 11.9 Å². The van der Waals surface area contributed by atoms with Crippen LogP contribution in [-0.2, 0) is 9.53 Å². The van der Waals surface area contributed by atoms with Crippen molar-refractivity contribution in [2.24, 2.45) is 17.8 Å². The Balaban J connectivity index is 1.99. The summed E-state index contributed by atoms with van der Waals surface area (Å²) in [5, 5.41) is 0. The zero-order valence-electron chi connectivity index (χ0n) is 13.5. The highest BCUT2D eigenvalue weighted by molar-refractivity contribution is 5.92. The van der Waals surface area contributed by atoms with E-state index in [1.54, 1.807) is 18.3 Å². The van der Waals surface area contributed by atoms with Gasteiger partial charge in [0.05, 0.1) is 12.5 Å². The molecular formula is C17H24N2O3. The van der Waals surface area contributed by atoms with E-state index >= 15 is 0 Å². The van der Waals surface area contributed by atoms with Crippen LogP contribution in [0.2, 0.25) is 0 Å². The molecule has 1 heterocycles. The lowest BCUT2D eigenvalue weighted by atomic mass is 10.1. The van der Waals surface area contributed by atoms with Gasteiger partial charge in [0, 0.05) is 19.3 Å². The Bertz CT molecular complexity index is 516. The molecule has 1 saturated carbocycles. The molecule has 1 aliphatic rings. The fraction of sp³-hybridized carbons (Fsp3) is 0.588. The fourth-order valence-corrected chi connectivity index (χ4v) is 2.60. The molecule has 5 heteroatoms. The van der Waals surface area contributed by atoms with Gasteiger partial charge in [0.1, 0.15) is 5.69 Å². The van der Waals surface area contributed by atoms with Crippen LogP contribution in [-0.4, -0.2) is 41.5 Å². The van der Waals surface area contributed by atoms with Gasteiger partial charge < -0.3 is 9.64 Å². The van der Waals surface area contributed by atoms with Gasteiger partial charge in [-0.3, -0.25) is 14.6 Å². The second kappa shape index (κ2) is 7.38. The molecule has 1 fully saturated rings. The van der Waals surface area contributed by atoms with Gasteiger partial charge in [-0.25, -0.2) is 0 Å². The SMILES string of the molecule is CCOC(=O)C1CC1CN(CC(C)C)C(=O)c1ccccn1.